The highest BCUT2D eigenvalue weighted by atomic mass is 32.1. The van der Waals surface area contributed by atoms with E-state index in [1.54, 1.807) is 4.57 Å². The van der Waals surface area contributed by atoms with E-state index in [2.05, 4.69) is 10.3 Å². The fraction of sp³-hybridized carbons (Fsp3) is 0.429. The van der Waals surface area contributed by atoms with E-state index in [0.717, 1.165) is 54.1 Å². The first-order valence-corrected chi connectivity index (χ1v) is 10.5. The number of anilines is 1. The number of carbonyl (C=O) groups excluding carboxylic acids is 1. The Kier molecular flexibility index (Phi) is 4.79. The Bertz CT molecular complexity index is 1140. The van der Waals surface area contributed by atoms with Gasteiger partial charge in [-0.15, -0.1) is 11.3 Å². The highest BCUT2D eigenvalue weighted by molar-refractivity contribution is 7.20. The Balaban J connectivity index is 1.78. The minimum Gasteiger partial charge on any atom is -0.319 e. The van der Waals surface area contributed by atoms with E-state index in [1.165, 1.54) is 11.3 Å². The SMILES string of the molecule is Cc1cc(C)c(NC(=O)c2sc3nc4n(c(=O)c3c2C)CCCCC4)c(C)n1. The van der Waals surface area contributed by atoms with Gasteiger partial charge in [0, 0.05) is 18.7 Å². The number of amides is 1. The van der Waals surface area contributed by atoms with Gasteiger partial charge in [-0.25, -0.2) is 4.98 Å². The van der Waals surface area contributed by atoms with Crippen LogP contribution >= 0.6 is 11.3 Å². The summed E-state index contributed by atoms with van der Waals surface area (Å²) in [6.45, 7) is 8.33. The lowest BCUT2D eigenvalue weighted by molar-refractivity contribution is 0.103. The molecule has 1 amide bonds. The van der Waals surface area contributed by atoms with E-state index < -0.39 is 0 Å². The third-order valence-electron chi connectivity index (χ3n) is 5.38. The van der Waals surface area contributed by atoms with Crippen LogP contribution in [0, 0.1) is 27.7 Å². The van der Waals surface area contributed by atoms with Crippen LogP contribution in [0.4, 0.5) is 5.69 Å². The van der Waals surface area contributed by atoms with Crippen LogP contribution in [0.2, 0.25) is 0 Å². The van der Waals surface area contributed by atoms with Crippen LogP contribution < -0.4 is 10.9 Å². The molecule has 0 aliphatic carbocycles. The van der Waals surface area contributed by atoms with Gasteiger partial charge in [-0.05, 0) is 57.7 Å². The molecular formula is C21H24N4O2S. The summed E-state index contributed by atoms with van der Waals surface area (Å²) in [4.78, 5) is 36.5. The molecule has 7 heteroatoms. The molecule has 0 saturated heterocycles. The molecule has 0 radical (unpaired) electrons. The lowest BCUT2D eigenvalue weighted by Crippen LogP contribution is -2.24. The van der Waals surface area contributed by atoms with Crippen LogP contribution in [-0.4, -0.2) is 20.4 Å². The number of hydrogen-bond acceptors (Lipinski definition) is 5. The van der Waals surface area contributed by atoms with Gasteiger partial charge in [0.2, 0.25) is 0 Å². The van der Waals surface area contributed by atoms with Gasteiger partial charge < -0.3 is 5.32 Å². The Hall–Kier alpha value is -2.54. The van der Waals surface area contributed by atoms with Crippen molar-refractivity contribution in [3.63, 3.8) is 0 Å². The number of carbonyl (C=O) groups is 1. The topological polar surface area (TPSA) is 76.9 Å². The summed E-state index contributed by atoms with van der Waals surface area (Å²) in [5.41, 5.74) is 4.11. The molecule has 28 heavy (non-hydrogen) atoms. The van der Waals surface area contributed by atoms with E-state index in [9.17, 15) is 9.59 Å². The Labute approximate surface area is 167 Å². The molecule has 146 valence electrons. The van der Waals surface area contributed by atoms with Crippen molar-refractivity contribution in [1.29, 1.82) is 0 Å². The molecule has 1 aliphatic rings. The number of hydrogen-bond donors (Lipinski definition) is 1. The first-order valence-electron chi connectivity index (χ1n) is 9.66. The smallest absolute Gasteiger partial charge is 0.266 e. The zero-order valence-corrected chi connectivity index (χ0v) is 17.5. The zero-order valence-electron chi connectivity index (χ0n) is 16.7. The molecule has 0 fully saturated rings. The van der Waals surface area contributed by atoms with Crippen molar-refractivity contribution in [1.82, 2.24) is 14.5 Å². The summed E-state index contributed by atoms with van der Waals surface area (Å²) in [6, 6.07) is 1.95. The van der Waals surface area contributed by atoms with E-state index in [4.69, 9.17) is 4.98 Å². The van der Waals surface area contributed by atoms with Crippen molar-refractivity contribution in [3.8, 4) is 0 Å². The van der Waals surface area contributed by atoms with E-state index in [0.29, 0.717) is 27.2 Å². The second-order valence-electron chi connectivity index (χ2n) is 7.53. The van der Waals surface area contributed by atoms with Crippen LogP contribution in [0.3, 0.4) is 0 Å². The van der Waals surface area contributed by atoms with Crippen molar-refractivity contribution in [2.45, 2.75) is 59.9 Å². The molecule has 6 nitrogen and oxygen atoms in total. The van der Waals surface area contributed by atoms with Gasteiger partial charge in [-0.3, -0.25) is 19.1 Å². The minimum absolute atomic E-state index is 0.0148. The van der Waals surface area contributed by atoms with Crippen molar-refractivity contribution in [2.24, 2.45) is 0 Å². The quantitative estimate of drug-likeness (QED) is 0.708. The molecule has 0 aromatic carbocycles. The van der Waals surface area contributed by atoms with Gasteiger partial charge in [0.25, 0.3) is 11.5 Å². The van der Waals surface area contributed by atoms with E-state index >= 15 is 0 Å². The largest absolute Gasteiger partial charge is 0.319 e. The normalized spacial score (nSPS) is 14.0. The Morgan fingerprint density at radius 3 is 2.68 bits per heavy atom. The second kappa shape index (κ2) is 7.13. The first kappa shape index (κ1) is 18.8. The summed E-state index contributed by atoms with van der Waals surface area (Å²) in [6.07, 6.45) is 3.98. The number of pyridine rings is 1. The van der Waals surface area contributed by atoms with Crippen LogP contribution in [0.15, 0.2) is 10.9 Å². The number of thiophene rings is 1. The van der Waals surface area contributed by atoms with Crippen LogP contribution in [0.1, 0.15) is 57.3 Å². The zero-order chi connectivity index (χ0) is 20.0. The second-order valence-corrected chi connectivity index (χ2v) is 8.53. The highest BCUT2D eigenvalue weighted by Gasteiger charge is 2.23. The van der Waals surface area contributed by atoms with E-state index in [-0.39, 0.29) is 11.5 Å². The Morgan fingerprint density at radius 1 is 1.14 bits per heavy atom. The van der Waals surface area contributed by atoms with Crippen molar-refractivity contribution in [3.05, 3.63) is 49.6 Å². The van der Waals surface area contributed by atoms with Crippen LogP contribution in [0.5, 0.6) is 0 Å². The maximum atomic E-state index is 13.1. The third kappa shape index (κ3) is 3.13. The van der Waals surface area contributed by atoms with Crippen LogP contribution in [-0.2, 0) is 13.0 Å². The van der Waals surface area contributed by atoms with E-state index in [1.807, 2.05) is 33.8 Å². The Morgan fingerprint density at radius 2 is 1.93 bits per heavy atom. The standard InChI is InChI=1S/C21H24N4O2S/c1-11-10-12(2)22-14(4)17(11)24-19(26)18-13(3)16-20(28-18)23-15-8-6-5-7-9-25(15)21(16)27/h10H,5-9H2,1-4H3,(H,24,26). The average molecular weight is 397 g/mol. The number of nitrogens with zero attached hydrogens (tertiary/aromatic N) is 3. The lowest BCUT2D eigenvalue weighted by atomic mass is 10.1. The minimum atomic E-state index is -0.211. The molecule has 3 aromatic rings. The van der Waals surface area contributed by atoms with Gasteiger partial charge in [0.15, 0.2) is 0 Å². The molecule has 0 bridgehead atoms. The predicted octanol–water partition coefficient (Wildman–Crippen LogP) is 4.07. The molecule has 0 spiro atoms. The van der Waals surface area contributed by atoms with Gasteiger partial charge in [0.1, 0.15) is 10.7 Å². The summed E-state index contributed by atoms with van der Waals surface area (Å²) in [5.74, 6) is 0.634. The monoisotopic (exact) mass is 396 g/mol. The molecule has 4 heterocycles. The molecule has 0 atom stereocenters. The van der Waals surface area contributed by atoms with Gasteiger partial charge in [0.05, 0.1) is 21.6 Å². The number of aromatic nitrogens is 3. The molecule has 1 aliphatic heterocycles. The molecular weight excluding hydrogens is 372 g/mol. The molecule has 1 N–H and O–H groups in total. The number of rotatable bonds is 2. The van der Waals surface area contributed by atoms with Crippen molar-refractivity contribution in [2.75, 3.05) is 5.32 Å². The van der Waals surface area contributed by atoms with Crippen molar-refractivity contribution >= 4 is 33.1 Å². The third-order valence-corrected chi connectivity index (χ3v) is 6.57. The average Bonchev–Trinajstić information content (AvgIpc) is 2.80. The predicted molar refractivity (Wildman–Crippen MR) is 113 cm³/mol. The number of aryl methyl sites for hydroxylation is 5. The number of fused-ring (bicyclic) bond motifs is 2. The van der Waals surface area contributed by atoms with Crippen molar-refractivity contribution < 1.29 is 4.79 Å². The van der Waals surface area contributed by atoms with Gasteiger partial charge in [-0.1, -0.05) is 6.42 Å². The lowest BCUT2D eigenvalue weighted by Gasteiger charge is -2.11. The van der Waals surface area contributed by atoms with Gasteiger partial charge >= 0.3 is 0 Å². The fourth-order valence-electron chi connectivity index (χ4n) is 4.01. The maximum absolute atomic E-state index is 13.1. The summed E-state index contributed by atoms with van der Waals surface area (Å²) >= 11 is 1.30. The summed E-state index contributed by atoms with van der Waals surface area (Å²) in [7, 11) is 0. The molecule has 3 aromatic heterocycles. The van der Waals surface area contributed by atoms with Gasteiger partial charge in [-0.2, -0.15) is 0 Å². The summed E-state index contributed by atoms with van der Waals surface area (Å²) < 4.78 is 1.80. The first-order chi connectivity index (χ1) is 13.4. The molecule has 0 unspecified atom stereocenters. The van der Waals surface area contributed by atoms with Crippen LogP contribution in [0.25, 0.3) is 10.2 Å². The fourth-order valence-corrected chi connectivity index (χ4v) is 5.10. The highest BCUT2D eigenvalue weighted by Crippen LogP contribution is 2.30. The molecule has 0 saturated carbocycles. The maximum Gasteiger partial charge on any atom is 0.266 e. The number of nitrogens with one attached hydrogen (secondary N) is 1. The summed E-state index contributed by atoms with van der Waals surface area (Å²) in [5, 5.41) is 3.58. The molecule has 4 rings (SSSR count).